The summed E-state index contributed by atoms with van der Waals surface area (Å²) in [7, 11) is 0. The molecule has 0 aromatic heterocycles. The number of halogens is 3. The first kappa shape index (κ1) is 25.1. The number of hydrogen-bond acceptors (Lipinski definition) is 3. The molecular weight excluding hydrogens is 407 g/mol. The van der Waals surface area contributed by atoms with Gasteiger partial charge in [-0.25, -0.2) is 0 Å². The minimum Gasteiger partial charge on any atom is -0.342 e. The smallest absolute Gasteiger partial charge is 0.342 e. The van der Waals surface area contributed by atoms with Crippen molar-refractivity contribution >= 4 is 17.5 Å². The van der Waals surface area contributed by atoms with Gasteiger partial charge in [-0.3, -0.25) is 14.4 Å². The van der Waals surface area contributed by atoms with E-state index in [0.29, 0.717) is 11.5 Å². The van der Waals surface area contributed by atoms with Crippen molar-refractivity contribution in [2.75, 3.05) is 0 Å². The summed E-state index contributed by atoms with van der Waals surface area (Å²) in [5.74, 6) is -4.41. The number of benzene rings is 1. The molecule has 0 spiro atoms. The molecule has 31 heavy (non-hydrogen) atoms. The summed E-state index contributed by atoms with van der Waals surface area (Å²) in [5, 5.41) is 2.71. The summed E-state index contributed by atoms with van der Waals surface area (Å²) in [5.41, 5.74) is 0.500. The maximum absolute atomic E-state index is 13.0. The van der Waals surface area contributed by atoms with Crippen LogP contribution in [-0.4, -0.2) is 23.6 Å². The molecule has 0 radical (unpaired) electrons. The van der Waals surface area contributed by atoms with Crippen molar-refractivity contribution in [3.8, 4) is 0 Å². The van der Waals surface area contributed by atoms with E-state index >= 15 is 0 Å². The second kappa shape index (κ2) is 11.4. The number of Topliss-reactive ketones (excluding diaryl/α,β-unsaturated/α-hetero) is 2. The van der Waals surface area contributed by atoms with Gasteiger partial charge in [0.15, 0.2) is 5.78 Å². The van der Waals surface area contributed by atoms with Crippen LogP contribution in [0, 0.1) is 17.8 Å². The molecular formula is C24H32F3NO3. The topological polar surface area (TPSA) is 63.2 Å². The highest BCUT2D eigenvalue weighted by Crippen LogP contribution is 2.30. The zero-order chi connectivity index (χ0) is 23.0. The molecule has 2 rings (SSSR count). The van der Waals surface area contributed by atoms with Gasteiger partial charge in [0.1, 0.15) is 6.04 Å². The Morgan fingerprint density at radius 2 is 1.65 bits per heavy atom. The number of nitrogens with one attached hydrogen (secondary N) is 1. The number of rotatable bonds is 10. The number of alkyl halides is 3. The first-order chi connectivity index (χ1) is 14.6. The van der Waals surface area contributed by atoms with E-state index in [-0.39, 0.29) is 12.3 Å². The van der Waals surface area contributed by atoms with Crippen molar-refractivity contribution in [3.63, 3.8) is 0 Å². The van der Waals surface area contributed by atoms with E-state index in [4.69, 9.17) is 0 Å². The Morgan fingerprint density at radius 1 is 1.03 bits per heavy atom. The third-order valence-corrected chi connectivity index (χ3v) is 6.11. The van der Waals surface area contributed by atoms with Gasteiger partial charge in [0, 0.05) is 18.8 Å². The summed E-state index contributed by atoms with van der Waals surface area (Å²) >= 11 is 0. The van der Waals surface area contributed by atoms with E-state index in [0.717, 1.165) is 19.3 Å². The van der Waals surface area contributed by atoms with E-state index in [2.05, 4.69) is 5.32 Å². The van der Waals surface area contributed by atoms with Crippen LogP contribution < -0.4 is 5.32 Å². The lowest BCUT2D eigenvalue weighted by Gasteiger charge is -2.25. The molecule has 0 unspecified atom stereocenters. The predicted octanol–water partition coefficient (Wildman–Crippen LogP) is 5.57. The molecule has 1 aromatic rings. The molecule has 7 heteroatoms. The molecule has 1 saturated carbocycles. The third-order valence-electron chi connectivity index (χ3n) is 6.11. The number of carbonyl (C=O) groups excluding carboxylic acids is 3. The molecule has 0 bridgehead atoms. The number of ketones is 2. The largest absolute Gasteiger partial charge is 0.450 e. The Hall–Kier alpha value is -2.18. The normalized spacial score (nSPS) is 17.2. The van der Waals surface area contributed by atoms with Crippen LogP contribution >= 0.6 is 0 Å². The molecule has 4 nitrogen and oxygen atoms in total. The molecule has 1 aromatic carbocycles. The molecule has 0 aliphatic heterocycles. The zero-order valence-electron chi connectivity index (χ0n) is 18.2. The molecule has 1 N–H and O–H groups in total. The number of hydrogen-bond donors (Lipinski definition) is 1. The van der Waals surface area contributed by atoms with Crippen LogP contribution in [0.15, 0.2) is 30.3 Å². The van der Waals surface area contributed by atoms with Gasteiger partial charge in [-0.2, -0.15) is 13.2 Å². The second-order valence-electron chi connectivity index (χ2n) is 8.84. The van der Waals surface area contributed by atoms with Crippen molar-refractivity contribution in [1.82, 2.24) is 5.32 Å². The number of amides is 1. The van der Waals surface area contributed by atoms with Crippen LogP contribution in [0.4, 0.5) is 13.2 Å². The Labute approximate surface area is 182 Å². The SMILES string of the molecule is CC(C)[C@H](CC(=O)[C@@H](NC(=O)CCC1CCCCC1)c1ccccc1)C(=O)C(F)(F)F. The lowest BCUT2D eigenvalue weighted by Crippen LogP contribution is -2.39. The van der Waals surface area contributed by atoms with Gasteiger partial charge in [0.2, 0.25) is 11.7 Å². The second-order valence-corrected chi connectivity index (χ2v) is 8.84. The summed E-state index contributed by atoms with van der Waals surface area (Å²) in [4.78, 5) is 37.4. The Morgan fingerprint density at radius 3 is 2.19 bits per heavy atom. The van der Waals surface area contributed by atoms with Crippen molar-refractivity contribution in [3.05, 3.63) is 35.9 Å². The van der Waals surface area contributed by atoms with E-state index < -0.39 is 42.0 Å². The monoisotopic (exact) mass is 439 g/mol. The maximum atomic E-state index is 13.0. The van der Waals surface area contributed by atoms with Crippen LogP contribution in [0.2, 0.25) is 0 Å². The molecule has 1 aliphatic carbocycles. The van der Waals surface area contributed by atoms with Crippen LogP contribution in [-0.2, 0) is 14.4 Å². The van der Waals surface area contributed by atoms with Crippen molar-refractivity contribution in [1.29, 1.82) is 0 Å². The van der Waals surface area contributed by atoms with Crippen molar-refractivity contribution < 1.29 is 27.6 Å². The van der Waals surface area contributed by atoms with Crippen LogP contribution in [0.5, 0.6) is 0 Å². The first-order valence-corrected chi connectivity index (χ1v) is 11.1. The van der Waals surface area contributed by atoms with Gasteiger partial charge in [-0.05, 0) is 23.8 Å². The Balaban J connectivity index is 2.10. The first-order valence-electron chi connectivity index (χ1n) is 11.1. The fourth-order valence-electron chi connectivity index (χ4n) is 4.22. The minimum absolute atomic E-state index is 0.274. The summed E-state index contributed by atoms with van der Waals surface area (Å²) in [6, 6.07) is 7.39. The summed E-state index contributed by atoms with van der Waals surface area (Å²) < 4.78 is 39.0. The van der Waals surface area contributed by atoms with Crippen molar-refractivity contribution in [2.24, 2.45) is 17.8 Å². The van der Waals surface area contributed by atoms with Gasteiger partial charge in [0.05, 0.1) is 0 Å². The summed E-state index contributed by atoms with van der Waals surface area (Å²) in [6.07, 6.45) is 1.20. The van der Waals surface area contributed by atoms with E-state index in [1.165, 1.54) is 33.1 Å². The number of carbonyl (C=O) groups is 3. The van der Waals surface area contributed by atoms with Crippen molar-refractivity contribution in [2.45, 2.75) is 77.4 Å². The molecule has 0 saturated heterocycles. The third kappa shape index (κ3) is 7.78. The van der Waals surface area contributed by atoms with Crippen LogP contribution in [0.25, 0.3) is 0 Å². The van der Waals surface area contributed by atoms with E-state index in [9.17, 15) is 27.6 Å². The maximum Gasteiger partial charge on any atom is 0.450 e. The van der Waals surface area contributed by atoms with Crippen LogP contribution in [0.3, 0.4) is 0 Å². The Kier molecular flexibility index (Phi) is 9.26. The van der Waals surface area contributed by atoms with Crippen LogP contribution in [0.1, 0.15) is 76.8 Å². The predicted molar refractivity (Wildman–Crippen MR) is 112 cm³/mol. The van der Waals surface area contributed by atoms with Gasteiger partial charge >= 0.3 is 6.18 Å². The molecule has 1 aliphatic rings. The lowest BCUT2D eigenvalue weighted by molar-refractivity contribution is -0.177. The molecule has 2 atom stereocenters. The van der Waals surface area contributed by atoms with Gasteiger partial charge in [0.25, 0.3) is 0 Å². The van der Waals surface area contributed by atoms with E-state index in [1.807, 2.05) is 0 Å². The highest BCUT2D eigenvalue weighted by atomic mass is 19.4. The molecule has 0 heterocycles. The highest BCUT2D eigenvalue weighted by Gasteiger charge is 2.45. The fourth-order valence-corrected chi connectivity index (χ4v) is 4.22. The average Bonchev–Trinajstić information content (AvgIpc) is 2.74. The quantitative estimate of drug-likeness (QED) is 0.519. The van der Waals surface area contributed by atoms with Gasteiger partial charge in [-0.1, -0.05) is 76.3 Å². The standard InChI is InChI=1S/C24H32F3NO3/c1-16(2)19(23(31)24(25,26)27)15-20(29)22(18-11-7-4-8-12-18)28-21(30)14-13-17-9-5-3-6-10-17/h4,7-8,11-12,16-17,19,22H,3,5-6,9-10,13-15H2,1-2H3,(H,28,30)/t19-,22-/m0/s1. The minimum atomic E-state index is -5.00. The molecule has 1 fully saturated rings. The zero-order valence-corrected chi connectivity index (χ0v) is 18.2. The van der Waals surface area contributed by atoms with Gasteiger partial charge in [-0.15, -0.1) is 0 Å². The Bertz CT molecular complexity index is 740. The molecule has 172 valence electrons. The summed E-state index contributed by atoms with van der Waals surface area (Å²) in [6.45, 7) is 2.98. The van der Waals surface area contributed by atoms with E-state index in [1.54, 1.807) is 30.3 Å². The average molecular weight is 440 g/mol. The fraction of sp³-hybridized carbons (Fsp3) is 0.625. The molecule has 1 amide bonds. The highest BCUT2D eigenvalue weighted by molar-refractivity contribution is 5.95. The van der Waals surface area contributed by atoms with Gasteiger partial charge < -0.3 is 5.32 Å². The lowest BCUT2D eigenvalue weighted by atomic mass is 9.84.